The van der Waals surface area contributed by atoms with E-state index in [-0.39, 0.29) is 17.5 Å². The summed E-state index contributed by atoms with van der Waals surface area (Å²) in [5.41, 5.74) is 2.83. The molecule has 3 aromatic rings. The average molecular weight is 468 g/mol. The van der Waals surface area contributed by atoms with E-state index in [0.717, 1.165) is 30.7 Å². The van der Waals surface area contributed by atoms with E-state index in [4.69, 9.17) is 9.47 Å². The number of anilines is 2. The van der Waals surface area contributed by atoms with Crippen LogP contribution in [0.5, 0.6) is 5.75 Å². The molecule has 0 aliphatic carbocycles. The number of morpholine rings is 1. The van der Waals surface area contributed by atoms with E-state index in [1.807, 2.05) is 37.1 Å². The summed E-state index contributed by atoms with van der Waals surface area (Å²) in [6.45, 7) is 8.18. The molecule has 2 aliphatic heterocycles. The number of halogens is 2. The monoisotopic (exact) mass is 467 g/mol. The lowest BCUT2D eigenvalue weighted by atomic mass is 10.1. The first-order chi connectivity index (χ1) is 16.5. The van der Waals surface area contributed by atoms with Crippen LogP contribution in [0.3, 0.4) is 0 Å². The summed E-state index contributed by atoms with van der Waals surface area (Å²) >= 11 is 0. The summed E-state index contributed by atoms with van der Waals surface area (Å²) in [5.74, 6) is -0.523. The fourth-order valence-electron chi connectivity index (χ4n) is 4.36. The predicted molar refractivity (Wildman–Crippen MR) is 125 cm³/mol. The van der Waals surface area contributed by atoms with Crippen LogP contribution in [-0.2, 0) is 11.2 Å². The van der Waals surface area contributed by atoms with Crippen LogP contribution in [0.4, 0.5) is 20.2 Å². The molecular formula is C25H27F2N5O2. The van der Waals surface area contributed by atoms with Crippen molar-refractivity contribution >= 4 is 11.4 Å². The van der Waals surface area contributed by atoms with E-state index in [9.17, 15) is 8.78 Å². The van der Waals surface area contributed by atoms with Gasteiger partial charge in [0.15, 0.2) is 17.4 Å². The molecule has 0 atom stereocenters. The van der Waals surface area contributed by atoms with Crippen LogP contribution >= 0.6 is 0 Å². The zero-order valence-corrected chi connectivity index (χ0v) is 19.3. The smallest absolute Gasteiger partial charge is 0.178 e. The van der Waals surface area contributed by atoms with E-state index < -0.39 is 11.6 Å². The third-order valence-electron chi connectivity index (χ3n) is 6.13. The van der Waals surface area contributed by atoms with Crippen molar-refractivity contribution in [1.29, 1.82) is 0 Å². The van der Waals surface area contributed by atoms with E-state index in [0.29, 0.717) is 49.9 Å². The first-order valence-corrected chi connectivity index (χ1v) is 11.5. The lowest BCUT2D eigenvalue weighted by Crippen LogP contribution is -2.38. The van der Waals surface area contributed by atoms with Gasteiger partial charge in [0.2, 0.25) is 0 Å². The van der Waals surface area contributed by atoms with Gasteiger partial charge in [-0.2, -0.15) is 0 Å². The molecule has 0 amide bonds. The van der Waals surface area contributed by atoms with Crippen LogP contribution < -0.4 is 14.5 Å². The van der Waals surface area contributed by atoms with Crippen molar-refractivity contribution in [2.45, 2.75) is 26.3 Å². The van der Waals surface area contributed by atoms with Gasteiger partial charge in [0.05, 0.1) is 49.9 Å². The Labute approximate surface area is 197 Å². The lowest BCUT2D eigenvalue weighted by molar-refractivity contribution is 0.122. The minimum Gasteiger partial charge on any atom is -0.486 e. The molecule has 7 nitrogen and oxygen atoms in total. The Morgan fingerprint density at radius 2 is 1.79 bits per heavy atom. The Kier molecular flexibility index (Phi) is 6.28. The minimum atomic E-state index is -0.605. The summed E-state index contributed by atoms with van der Waals surface area (Å²) in [4.78, 5) is 17.4. The second-order valence-corrected chi connectivity index (χ2v) is 8.71. The van der Waals surface area contributed by atoms with Gasteiger partial charge in [0.25, 0.3) is 0 Å². The molecule has 0 N–H and O–H groups in total. The number of benzene rings is 1. The maximum atomic E-state index is 14.9. The summed E-state index contributed by atoms with van der Waals surface area (Å²) in [5, 5.41) is 0. The van der Waals surface area contributed by atoms with Crippen molar-refractivity contribution in [3.05, 3.63) is 59.8 Å². The van der Waals surface area contributed by atoms with Crippen LogP contribution in [0.2, 0.25) is 0 Å². The highest BCUT2D eigenvalue weighted by Gasteiger charge is 2.25. The van der Waals surface area contributed by atoms with Crippen LogP contribution in [0.25, 0.3) is 11.3 Å². The second-order valence-electron chi connectivity index (χ2n) is 8.71. The molecule has 2 aromatic heterocycles. The Morgan fingerprint density at radius 3 is 2.53 bits per heavy atom. The van der Waals surface area contributed by atoms with Crippen molar-refractivity contribution in [2.24, 2.45) is 0 Å². The van der Waals surface area contributed by atoms with Crippen molar-refractivity contribution in [3.8, 4) is 17.0 Å². The Bertz CT molecular complexity index is 1170. The molecule has 4 heterocycles. The summed E-state index contributed by atoms with van der Waals surface area (Å²) in [7, 11) is 0. The quantitative estimate of drug-likeness (QED) is 0.565. The van der Waals surface area contributed by atoms with Crippen molar-refractivity contribution in [2.75, 3.05) is 49.3 Å². The lowest BCUT2D eigenvalue weighted by Gasteiger charge is -2.34. The number of fused-ring (bicyclic) bond motifs is 1. The predicted octanol–water partition coefficient (Wildman–Crippen LogP) is 3.85. The summed E-state index contributed by atoms with van der Waals surface area (Å²) < 4.78 is 40.6. The third-order valence-corrected chi connectivity index (χ3v) is 6.13. The van der Waals surface area contributed by atoms with E-state index in [1.165, 1.54) is 6.07 Å². The van der Waals surface area contributed by atoms with Crippen molar-refractivity contribution in [3.63, 3.8) is 0 Å². The molecule has 0 radical (unpaired) electrons. The Morgan fingerprint density at radius 1 is 0.971 bits per heavy atom. The topological polar surface area (TPSA) is 63.6 Å². The van der Waals surface area contributed by atoms with Gasteiger partial charge < -0.3 is 19.3 Å². The molecular weight excluding hydrogens is 440 g/mol. The normalized spacial score (nSPS) is 15.9. The van der Waals surface area contributed by atoms with E-state index in [1.54, 1.807) is 6.07 Å². The molecule has 34 heavy (non-hydrogen) atoms. The van der Waals surface area contributed by atoms with Gasteiger partial charge in [-0.25, -0.2) is 18.7 Å². The highest BCUT2D eigenvalue weighted by molar-refractivity contribution is 5.72. The second kappa shape index (κ2) is 9.50. The Balaban J connectivity index is 1.41. The van der Waals surface area contributed by atoms with Crippen molar-refractivity contribution < 1.29 is 18.3 Å². The van der Waals surface area contributed by atoms with Crippen LogP contribution in [0.15, 0.2) is 36.7 Å². The van der Waals surface area contributed by atoms with Gasteiger partial charge in [0, 0.05) is 30.4 Å². The zero-order chi connectivity index (χ0) is 23.7. The maximum Gasteiger partial charge on any atom is 0.178 e. The molecule has 9 heteroatoms. The average Bonchev–Trinajstić information content (AvgIpc) is 2.86. The van der Waals surface area contributed by atoms with Crippen molar-refractivity contribution in [1.82, 2.24) is 15.0 Å². The number of hydrogen-bond acceptors (Lipinski definition) is 7. The van der Waals surface area contributed by atoms with Gasteiger partial charge in [-0.3, -0.25) is 4.98 Å². The summed E-state index contributed by atoms with van der Waals surface area (Å²) in [6.07, 6.45) is 3.30. The maximum absolute atomic E-state index is 14.9. The molecule has 0 unspecified atom stereocenters. The highest BCUT2D eigenvalue weighted by Crippen LogP contribution is 2.39. The number of pyridine rings is 1. The molecule has 178 valence electrons. The van der Waals surface area contributed by atoms with Gasteiger partial charge in [0.1, 0.15) is 18.1 Å². The van der Waals surface area contributed by atoms with Crippen LogP contribution in [0.1, 0.15) is 25.4 Å². The molecule has 0 saturated carbocycles. The number of rotatable bonds is 5. The molecule has 2 aliphatic rings. The van der Waals surface area contributed by atoms with E-state index >= 15 is 0 Å². The van der Waals surface area contributed by atoms with Gasteiger partial charge in [-0.15, -0.1) is 0 Å². The SMILES string of the molecule is CC(C)N1CCOc2c(F)cc(-c3nc(Cc4ccc(N5CCOCC5)cn4)ncc3F)cc21. The largest absolute Gasteiger partial charge is 0.486 e. The molecule has 1 aromatic carbocycles. The van der Waals surface area contributed by atoms with Gasteiger partial charge >= 0.3 is 0 Å². The number of ether oxygens (including phenoxy) is 2. The first-order valence-electron chi connectivity index (χ1n) is 11.5. The molecule has 0 bridgehead atoms. The molecule has 1 fully saturated rings. The number of hydrogen-bond donors (Lipinski definition) is 0. The fourth-order valence-corrected chi connectivity index (χ4v) is 4.36. The fraction of sp³-hybridized carbons (Fsp3) is 0.400. The minimum absolute atomic E-state index is 0.0610. The first kappa shape index (κ1) is 22.5. The summed E-state index contributed by atoms with van der Waals surface area (Å²) in [6, 6.07) is 7.09. The highest BCUT2D eigenvalue weighted by atomic mass is 19.1. The standard InChI is InChI=1S/C25H27F2N5O2/c1-16(2)32-7-10-34-25-20(26)11-17(12-22(25)32)24-21(27)15-29-23(30-24)13-18-3-4-19(14-28-18)31-5-8-33-9-6-31/h3-4,11-12,14-16H,5-10,13H2,1-2H3. The number of aromatic nitrogens is 3. The number of nitrogens with zero attached hydrogens (tertiary/aromatic N) is 5. The Hall–Kier alpha value is -3.33. The molecule has 5 rings (SSSR count). The van der Waals surface area contributed by atoms with Gasteiger partial charge in [-0.1, -0.05) is 0 Å². The third kappa shape index (κ3) is 4.52. The van der Waals surface area contributed by atoms with E-state index in [2.05, 4.69) is 19.9 Å². The zero-order valence-electron chi connectivity index (χ0n) is 19.3. The van der Waals surface area contributed by atoms with Crippen LogP contribution in [0, 0.1) is 11.6 Å². The molecule has 0 spiro atoms. The van der Waals surface area contributed by atoms with Gasteiger partial charge in [-0.05, 0) is 38.1 Å². The molecule has 1 saturated heterocycles. The van der Waals surface area contributed by atoms with Crippen LogP contribution in [-0.4, -0.2) is 60.4 Å².